The average Bonchev–Trinajstić information content (AvgIpc) is 3.33. The lowest BCUT2D eigenvalue weighted by molar-refractivity contribution is -0.386. The molecule has 0 saturated carbocycles. The van der Waals surface area contributed by atoms with Gasteiger partial charge in [-0.05, 0) is 47.7 Å². The van der Waals surface area contributed by atoms with Crippen LogP contribution in [0.2, 0.25) is 0 Å². The van der Waals surface area contributed by atoms with Crippen molar-refractivity contribution in [2.45, 2.75) is 18.4 Å². The third-order valence-electron chi connectivity index (χ3n) is 6.38. The van der Waals surface area contributed by atoms with Crippen LogP contribution in [-0.4, -0.2) is 23.4 Å². The van der Waals surface area contributed by atoms with Crippen LogP contribution in [0.15, 0.2) is 77.8 Å². The van der Waals surface area contributed by atoms with E-state index in [4.69, 9.17) is 4.74 Å². The summed E-state index contributed by atoms with van der Waals surface area (Å²) in [6, 6.07) is 19.5. The molecular formula is C26H23N3O4. The summed E-state index contributed by atoms with van der Waals surface area (Å²) in [7, 11) is 1.35. The molecule has 3 aromatic rings. The number of nitrogens with one attached hydrogen (secondary N) is 1. The average molecular weight is 441 g/mol. The molecule has 0 saturated heterocycles. The Bertz CT molecular complexity index is 1270. The van der Waals surface area contributed by atoms with Crippen LogP contribution in [0.1, 0.15) is 35.1 Å². The van der Waals surface area contributed by atoms with Crippen molar-refractivity contribution in [1.82, 2.24) is 0 Å². The van der Waals surface area contributed by atoms with Gasteiger partial charge in [-0.1, -0.05) is 42.5 Å². The van der Waals surface area contributed by atoms with Crippen molar-refractivity contribution >= 4 is 23.3 Å². The van der Waals surface area contributed by atoms with Crippen LogP contribution < -0.4 is 10.1 Å². The minimum absolute atomic E-state index is 0.0318. The zero-order chi connectivity index (χ0) is 22.9. The molecular weight excluding hydrogens is 418 g/mol. The molecule has 1 heterocycles. The monoisotopic (exact) mass is 441 g/mol. The number of phenolic OH excluding ortho intramolecular Hbond substituents is 1. The van der Waals surface area contributed by atoms with E-state index in [0.29, 0.717) is 17.4 Å². The van der Waals surface area contributed by atoms with E-state index in [1.165, 1.54) is 42.3 Å². The van der Waals surface area contributed by atoms with Crippen LogP contribution in [0.25, 0.3) is 0 Å². The summed E-state index contributed by atoms with van der Waals surface area (Å²) in [5, 5.41) is 24.8. The Balaban J connectivity index is 1.38. The highest BCUT2D eigenvalue weighted by atomic mass is 16.6. The van der Waals surface area contributed by atoms with E-state index in [0.717, 1.165) is 12.1 Å². The zero-order valence-electron chi connectivity index (χ0n) is 18.0. The van der Waals surface area contributed by atoms with Gasteiger partial charge in [-0.15, -0.1) is 0 Å². The minimum atomic E-state index is -0.648. The number of hydrogen-bond donors (Lipinski definition) is 2. The van der Waals surface area contributed by atoms with Crippen molar-refractivity contribution in [1.29, 1.82) is 0 Å². The first-order chi connectivity index (χ1) is 16.0. The van der Waals surface area contributed by atoms with Crippen molar-refractivity contribution in [3.63, 3.8) is 0 Å². The van der Waals surface area contributed by atoms with Gasteiger partial charge in [-0.2, -0.15) is 0 Å². The Morgan fingerprint density at radius 2 is 1.97 bits per heavy atom. The van der Waals surface area contributed by atoms with Crippen molar-refractivity contribution in [2.24, 2.45) is 10.9 Å². The number of hydrogen-bond acceptors (Lipinski definition) is 6. The van der Waals surface area contributed by atoms with E-state index >= 15 is 0 Å². The Morgan fingerprint density at radius 3 is 2.73 bits per heavy atom. The summed E-state index contributed by atoms with van der Waals surface area (Å²) in [6.07, 6.45) is 7.16. The zero-order valence-corrected chi connectivity index (χ0v) is 18.0. The Kier molecular flexibility index (Phi) is 5.30. The van der Waals surface area contributed by atoms with Gasteiger partial charge in [0.25, 0.3) is 0 Å². The number of allylic oxidation sites excluding steroid dienone is 2. The van der Waals surface area contributed by atoms with Crippen LogP contribution in [0.4, 0.5) is 17.1 Å². The summed E-state index contributed by atoms with van der Waals surface area (Å²) in [5.41, 5.74) is 4.50. The number of aliphatic imine (C=N–C) groups is 1. The Hall–Kier alpha value is -4.13. The van der Waals surface area contributed by atoms with Gasteiger partial charge in [0, 0.05) is 29.4 Å². The molecule has 1 aliphatic heterocycles. The second-order valence-corrected chi connectivity index (χ2v) is 8.26. The number of fused-ring (bicyclic) bond motifs is 3. The molecule has 0 radical (unpaired) electrons. The minimum Gasteiger partial charge on any atom is -0.500 e. The van der Waals surface area contributed by atoms with E-state index in [9.17, 15) is 15.2 Å². The molecule has 3 aromatic carbocycles. The van der Waals surface area contributed by atoms with Crippen LogP contribution in [0.5, 0.6) is 11.5 Å². The highest BCUT2D eigenvalue weighted by Gasteiger charge is 2.37. The SMILES string of the molecule is COc1cc(C=Nc2ccc([C@@H]3Nc4ccccc4[C@H]4C=CC[C@@H]43)cc2)cc([N+](=O)[O-])c1O. The second-order valence-electron chi connectivity index (χ2n) is 8.26. The number of benzene rings is 3. The topological polar surface area (TPSA) is 97.0 Å². The van der Waals surface area contributed by atoms with Gasteiger partial charge in [-0.25, -0.2) is 0 Å². The van der Waals surface area contributed by atoms with Gasteiger partial charge in [0.05, 0.1) is 23.8 Å². The maximum absolute atomic E-state index is 11.2. The molecule has 33 heavy (non-hydrogen) atoms. The number of phenols is 1. The number of nitrogens with zero attached hydrogens (tertiary/aromatic N) is 2. The molecule has 0 fully saturated rings. The molecule has 0 amide bonds. The number of anilines is 1. The molecule has 7 nitrogen and oxygen atoms in total. The molecule has 5 rings (SSSR count). The van der Waals surface area contributed by atoms with Crippen LogP contribution >= 0.6 is 0 Å². The van der Waals surface area contributed by atoms with Gasteiger partial charge in [0.2, 0.25) is 5.75 Å². The summed E-state index contributed by atoms with van der Waals surface area (Å²) >= 11 is 0. The quantitative estimate of drug-likeness (QED) is 0.223. The molecule has 3 atom stereocenters. The molecule has 166 valence electrons. The number of nitro groups is 1. The van der Waals surface area contributed by atoms with Crippen LogP contribution in [-0.2, 0) is 0 Å². The van der Waals surface area contributed by atoms with E-state index in [-0.39, 0.29) is 11.8 Å². The molecule has 0 bridgehead atoms. The number of ether oxygens (including phenoxy) is 1. The van der Waals surface area contributed by atoms with E-state index < -0.39 is 16.4 Å². The highest BCUT2D eigenvalue weighted by molar-refractivity contribution is 5.85. The summed E-state index contributed by atoms with van der Waals surface area (Å²) in [6.45, 7) is 0. The van der Waals surface area contributed by atoms with Gasteiger partial charge >= 0.3 is 5.69 Å². The maximum atomic E-state index is 11.2. The van der Waals surface area contributed by atoms with Crippen molar-refractivity contribution in [3.8, 4) is 11.5 Å². The van der Waals surface area contributed by atoms with Crippen LogP contribution in [0.3, 0.4) is 0 Å². The summed E-state index contributed by atoms with van der Waals surface area (Å²) in [4.78, 5) is 15.0. The second kappa shape index (κ2) is 8.43. The van der Waals surface area contributed by atoms with E-state index in [2.05, 4.69) is 58.9 Å². The van der Waals surface area contributed by atoms with Gasteiger partial charge in [0.15, 0.2) is 5.75 Å². The third-order valence-corrected chi connectivity index (χ3v) is 6.38. The number of aromatic hydroxyl groups is 1. The van der Waals surface area contributed by atoms with E-state index in [1.807, 2.05) is 12.1 Å². The van der Waals surface area contributed by atoms with Crippen molar-refractivity contribution in [2.75, 3.05) is 12.4 Å². The third kappa shape index (κ3) is 3.82. The van der Waals surface area contributed by atoms with Gasteiger partial charge in [-0.3, -0.25) is 15.1 Å². The molecule has 0 unspecified atom stereocenters. The lowest BCUT2D eigenvalue weighted by Crippen LogP contribution is -2.28. The number of para-hydroxylation sites is 1. The fourth-order valence-corrected chi connectivity index (χ4v) is 4.77. The van der Waals surface area contributed by atoms with Crippen LogP contribution in [0, 0.1) is 16.0 Å². The normalized spacial score (nSPS) is 20.8. The predicted molar refractivity (Wildman–Crippen MR) is 128 cm³/mol. The standard InChI is InChI=1S/C26H23N3O4/c1-33-24-14-16(13-23(26(24)30)29(31)32)15-27-18-11-9-17(10-12-18)25-21-7-4-6-19(21)20-5-2-3-8-22(20)28-25/h2-6,8-15,19,21,25,28,30H,7H2,1H3/t19-,21+,25+/m1/s1. The first-order valence-electron chi connectivity index (χ1n) is 10.8. The summed E-state index contributed by atoms with van der Waals surface area (Å²) < 4.78 is 5.04. The van der Waals surface area contributed by atoms with Gasteiger partial charge < -0.3 is 15.2 Å². The molecule has 1 aliphatic carbocycles. The molecule has 7 heteroatoms. The number of methoxy groups -OCH3 is 1. The fraction of sp³-hybridized carbons (Fsp3) is 0.192. The molecule has 0 aromatic heterocycles. The van der Waals surface area contributed by atoms with Crippen molar-refractivity contribution in [3.05, 3.63) is 99.6 Å². The smallest absolute Gasteiger partial charge is 0.315 e. The lowest BCUT2D eigenvalue weighted by Gasteiger charge is -2.37. The van der Waals surface area contributed by atoms with Crippen molar-refractivity contribution < 1.29 is 14.8 Å². The molecule has 2 N–H and O–H groups in total. The maximum Gasteiger partial charge on any atom is 0.315 e. The molecule has 0 spiro atoms. The first kappa shape index (κ1) is 20.8. The Labute approximate surface area is 191 Å². The lowest BCUT2D eigenvalue weighted by atomic mass is 9.77. The predicted octanol–water partition coefficient (Wildman–Crippen LogP) is 5.89. The fourth-order valence-electron chi connectivity index (χ4n) is 4.77. The molecule has 2 aliphatic rings. The Morgan fingerprint density at radius 1 is 1.18 bits per heavy atom. The highest BCUT2D eigenvalue weighted by Crippen LogP contribution is 2.49. The number of rotatable bonds is 5. The number of nitro benzene ring substituents is 1. The van der Waals surface area contributed by atoms with E-state index in [1.54, 1.807) is 0 Å². The first-order valence-corrected chi connectivity index (χ1v) is 10.8. The summed E-state index contributed by atoms with van der Waals surface area (Å²) in [5.74, 6) is 0.430. The largest absolute Gasteiger partial charge is 0.500 e. The van der Waals surface area contributed by atoms with Gasteiger partial charge in [0.1, 0.15) is 0 Å².